The lowest BCUT2D eigenvalue weighted by Crippen LogP contribution is -2.35. The molecular formula is C19H25N3S. The molecular weight excluding hydrogens is 302 g/mol. The third-order valence-corrected chi connectivity index (χ3v) is 5.44. The van der Waals surface area contributed by atoms with Crippen LogP contribution in [0.4, 0.5) is 11.5 Å². The summed E-state index contributed by atoms with van der Waals surface area (Å²) in [7, 11) is 0. The summed E-state index contributed by atoms with van der Waals surface area (Å²) in [5.74, 6) is 1.68. The molecule has 1 unspecified atom stereocenters. The molecule has 1 aliphatic rings. The van der Waals surface area contributed by atoms with Crippen molar-refractivity contribution >= 4 is 23.3 Å². The first-order valence-electron chi connectivity index (χ1n) is 8.44. The van der Waals surface area contributed by atoms with Crippen LogP contribution in [0.2, 0.25) is 0 Å². The van der Waals surface area contributed by atoms with Crippen LogP contribution < -0.4 is 4.90 Å². The topological polar surface area (TPSA) is 19.4 Å². The zero-order valence-electron chi connectivity index (χ0n) is 14.2. The minimum atomic E-state index is 0.584. The third kappa shape index (κ3) is 3.54. The zero-order chi connectivity index (χ0) is 16.2. The van der Waals surface area contributed by atoms with E-state index in [0.717, 1.165) is 32.0 Å². The van der Waals surface area contributed by atoms with Gasteiger partial charge < -0.3 is 9.80 Å². The number of benzene rings is 1. The quantitative estimate of drug-likeness (QED) is 0.768. The Bertz CT molecular complexity index is 609. The highest BCUT2D eigenvalue weighted by molar-refractivity contribution is 7.99. The Balaban J connectivity index is 1.86. The molecule has 23 heavy (non-hydrogen) atoms. The molecule has 0 bridgehead atoms. The Morgan fingerprint density at radius 1 is 1.09 bits per heavy atom. The predicted octanol–water partition coefficient (Wildman–Crippen LogP) is 4.66. The lowest BCUT2D eigenvalue weighted by atomic mass is 10.1. The predicted molar refractivity (Wildman–Crippen MR) is 98.8 cm³/mol. The summed E-state index contributed by atoms with van der Waals surface area (Å²) in [6.45, 7) is 11.2. The Kier molecular flexibility index (Phi) is 5.23. The molecule has 0 N–H and O–H groups in total. The molecule has 0 spiro atoms. The van der Waals surface area contributed by atoms with E-state index in [9.17, 15) is 0 Å². The monoisotopic (exact) mass is 327 g/mol. The fourth-order valence-electron chi connectivity index (χ4n) is 3.14. The molecule has 0 saturated heterocycles. The van der Waals surface area contributed by atoms with E-state index in [1.165, 1.54) is 15.5 Å². The standard InChI is InChI=1S/C19H25N3S/c1-4-21(5-2)13-15(3)14-22-16-9-6-7-10-17(16)23-18-11-8-12-20-19(18)22/h6-12,15H,4-5,13-14H2,1-3H3. The van der Waals surface area contributed by atoms with E-state index >= 15 is 0 Å². The largest absolute Gasteiger partial charge is 0.324 e. The Morgan fingerprint density at radius 2 is 1.83 bits per heavy atom. The van der Waals surface area contributed by atoms with Crippen molar-refractivity contribution in [2.45, 2.75) is 30.6 Å². The maximum absolute atomic E-state index is 4.66. The van der Waals surface area contributed by atoms with E-state index < -0.39 is 0 Å². The maximum atomic E-state index is 4.66. The Hall–Kier alpha value is -1.52. The molecule has 2 aromatic rings. The average molecular weight is 327 g/mol. The van der Waals surface area contributed by atoms with Gasteiger partial charge in [0, 0.05) is 24.2 Å². The second kappa shape index (κ2) is 7.37. The van der Waals surface area contributed by atoms with Crippen molar-refractivity contribution in [2.24, 2.45) is 5.92 Å². The summed E-state index contributed by atoms with van der Waals surface area (Å²) < 4.78 is 0. The molecule has 0 fully saturated rings. The molecule has 1 aromatic carbocycles. The molecule has 3 nitrogen and oxygen atoms in total. The van der Waals surface area contributed by atoms with Crippen LogP contribution >= 0.6 is 11.8 Å². The summed E-state index contributed by atoms with van der Waals surface area (Å²) in [4.78, 5) is 12.1. The van der Waals surface area contributed by atoms with Gasteiger partial charge >= 0.3 is 0 Å². The van der Waals surface area contributed by atoms with Crippen LogP contribution in [-0.4, -0.2) is 36.1 Å². The van der Waals surface area contributed by atoms with Crippen LogP contribution in [0, 0.1) is 5.92 Å². The van der Waals surface area contributed by atoms with Crippen LogP contribution in [-0.2, 0) is 0 Å². The van der Waals surface area contributed by atoms with Gasteiger partial charge in [0.05, 0.1) is 10.6 Å². The fraction of sp³-hybridized carbons (Fsp3) is 0.421. The lowest BCUT2D eigenvalue weighted by molar-refractivity contribution is 0.263. The van der Waals surface area contributed by atoms with Crippen molar-refractivity contribution in [3.63, 3.8) is 0 Å². The van der Waals surface area contributed by atoms with E-state index in [0.29, 0.717) is 5.92 Å². The number of hydrogen-bond donors (Lipinski definition) is 0. The number of rotatable bonds is 6. The van der Waals surface area contributed by atoms with Gasteiger partial charge in [0.15, 0.2) is 0 Å². The van der Waals surface area contributed by atoms with E-state index in [1.807, 2.05) is 24.0 Å². The SMILES string of the molecule is CCN(CC)CC(C)CN1c2ccccc2Sc2cccnc21. The van der Waals surface area contributed by atoms with Crippen molar-refractivity contribution in [2.75, 3.05) is 31.1 Å². The fourth-order valence-corrected chi connectivity index (χ4v) is 4.21. The van der Waals surface area contributed by atoms with E-state index in [4.69, 9.17) is 0 Å². The number of pyridine rings is 1. The summed E-state index contributed by atoms with van der Waals surface area (Å²) >= 11 is 1.82. The minimum Gasteiger partial charge on any atom is -0.324 e. The van der Waals surface area contributed by atoms with Crippen molar-refractivity contribution in [1.29, 1.82) is 0 Å². The molecule has 1 aliphatic heterocycles. The highest BCUT2D eigenvalue weighted by Gasteiger charge is 2.25. The molecule has 1 aromatic heterocycles. The molecule has 3 rings (SSSR count). The molecule has 122 valence electrons. The van der Waals surface area contributed by atoms with Crippen LogP contribution in [0.15, 0.2) is 52.4 Å². The zero-order valence-corrected chi connectivity index (χ0v) is 15.0. The van der Waals surface area contributed by atoms with Crippen LogP contribution in [0.3, 0.4) is 0 Å². The number of nitrogens with zero attached hydrogens (tertiary/aromatic N) is 3. The number of fused-ring (bicyclic) bond motifs is 2. The number of para-hydroxylation sites is 1. The van der Waals surface area contributed by atoms with Crippen molar-refractivity contribution in [3.8, 4) is 0 Å². The van der Waals surface area contributed by atoms with Gasteiger partial charge in [0.25, 0.3) is 0 Å². The van der Waals surface area contributed by atoms with Gasteiger partial charge in [-0.05, 0) is 43.3 Å². The smallest absolute Gasteiger partial charge is 0.147 e. The van der Waals surface area contributed by atoms with Gasteiger partial charge in [-0.3, -0.25) is 0 Å². The summed E-state index contributed by atoms with van der Waals surface area (Å²) in [5, 5.41) is 0. The van der Waals surface area contributed by atoms with E-state index in [-0.39, 0.29) is 0 Å². The average Bonchev–Trinajstić information content (AvgIpc) is 2.59. The van der Waals surface area contributed by atoms with Crippen molar-refractivity contribution in [3.05, 3.63) is 42.6 Å². The number of aromatic nitrogens is 1. The molecule has 2 heterocycles. The number of anilines is 2. The molecule has 0 radical (unpaired) electrons. The lowest BCUT2D eigenvalue weighted by Gasteiger charge is -2.34. The van der Waals surface area contributed by atoms with Gasteiger partial charge in [-0.2, -0.15) is 0 Å². The van der Waals surface area contributed by atoms with Crippen LogP contribution in [0.1, 0.15) is 20.8 Å². The van der Waals surface area contributed by atoms with Gasteiger partial charge in [0.1, 0.15) is 5.82 Å². The van der Waals surface area contributed by atoms with Gasteiger partial charge in [0.2, 0.25) is 0 Å². The maximum Gasteiger partial charge on any atom is 0.147 e. The molecule has 4 heteroatoms. The third-order valence-electron chi connectivity index (χ3n) is 4.34. The normalized spacial score (nSPS) is 14.5. The summed E-state index contributed by atoms with van der Waals surface area (Å²) in [5.41, 5.74) is 1.29. The first kappa shape index (κ1) is 16.3. The Morgan fingerprint density at radius 3 is 2.61 bits per heavy atom. The van der Waals surface area contributed by atoms with Gasteiger partial charge in [-0.25, -0.2) is 4.98 Å². The molecule has 0 amide bonds. The molecule has 0 saturated carbocycles. The first-order chi connectivity index (χ1) is 11.2. The summed E-state index contributed by atoms with van der Waals surface area (Å²) in [6.07, 6.45) is 1.90. The number of hydrogen-bond acceptors (Lipinski definition) is 4. The first-order valence-corrected chi connectivity index (χ1v) is 9.26. The summed E-state index contributed by atoms with van der Waals surface area (Å²) in [6, 6.07) is 12.9. The van der Waals surface area contributed by atoms with E-state index in [1.54, 1.807) is 0 Å². The van der Waals surface area contributed by atoms with Gasteiger partial charge in [-0.1, -0.05) is 44.7 Å². The van der Waals surface area contributed by atoms with Crippen molar-refractivity contribution < 1.29 is 0 Å². The van der Waals surface area contributed by atoms with Gasteiger partial charge in [-0.15, -0.1) is 0 Å². The van der Waals surface area contributed by atoms with Crippen LogP contribution in [0.5, 0.6) is 0 Å². The molecule has 0 aliphatic carbocycles. The minimum absolute atomic E-state index is 0.584. The Labute approximate surface area is 143 Å². The van der Waals surface area contributed by atoms with E-state index in [2.05, 4.69) is 65.9 Å². The van der Waals surface area contributed by atoms with Crippen molar-refractivity contribution in [1.82, 2.24) is 9.88 Å². The second-order valence-corrected chi connectivity index (χ2v) is 7.18. The highest BCUT2D eigenvalue weighted by Crippen LogP contribution is 2.46. The van der Waals surface area contributed by atoms with Crippen LogP contribution in [0.25, 0.3) is 0 Å². The highest BCUT2D eigenvalue weighted by atomic mass is 32.2. The molecule has 1 atom stereocenters. The second-order valence-electron chi connectivity index (χ2n) is 6.10.